The van der Waals surface area contributed by atoms with E-state index in [1.807, 2.05) is 57.2 Å². The quantitative estimate of drug-likeness (QED) is 0.588. The van der Waals surface area contributed by atoms with Crippen molar-refractivity contribution in [2.24, 2.45) is 0 Å². The van der Waals surface area contributed by atoms with E-state index in [-0.39, 0.29) is 6.09 Å². The van der Waals surface area contributed by atoms with Gasteiger partial charge in [0.05, 0.1) is 4.92 Å². The van der Waals surface area contributed by atoms with Crippen LogP contribution in [0.2, 0.25) is 0 Å². The minimum atomic E-state index is -0.502. The van der Waals surface area contributed by atoms with Crippen LogP contribution in [-0.2, 0) is 4.74 Å². The molecule has 0 unspecified atom stereocenters. The first kappa shape index (κ1) is 19.7. The lowest BCUT2D eigenvalue weighted by Crippen LogP contribution is -2.50. The molecular weight excluding hydrogens is 358 g/mol. The first-order chi connectivity index (χ1) is 13.2. The second kappa shape index (κ2) is 7.88. The normalized spacial score (nSPS) is 15.2. The Morgan fingerprint density at radius 3 is 2.32 bits per heavy atom. The summed E-state index contributed by atoms with van der Waals surface area (Å²) in [6, 6.07) is 11.8. The highest BCUT2D eigenvalue weighted by Gasteiger charge is 2.26. The summed E-state index contributed by atoms with van der Waals surface area (Å²) in [5, 5.41) is 12.7. The number of ether oxygens (including phenoxy) is 1. The number of fused-ring (bicyclic) bond motifs is 1. The molecule has 0 aliphatic carbocycles. The fourth-order valence-electron chi connectivity index (χ4n) is 3.33. The number of benzene rings is 2. The van der Waals surface area contributed by atoms with E-state index in [1.54, 1.807) is 4.90 Å². The van der Waals surface area contributed by atoms with Gasteiger partial charge < -0.3 is 14.5 Å². The molecule has 0 atom stereocenters. The highest BCUT2D eigenvalue weighted by atomic mass is 16.6. The number of hydrogen-bond donors (Lipinski definition) is 0. The van der Waals surface area contributed by atoms with Crippen LogP contribution in [0, 0.1) is 10.1 Å². The zero-order chi connectivity index (χ0) is 20.3. The molecule has 28 heavy (non-hydrogen) atoms. The van der Waals surface area contributed by atoms with Crippen LogP contribution in [0.4, 0.5) is 10.5 Å². The standard InChI is InChI=1S/C21H25N3O4/c1-21(2,3)28-20(25)23-14-12-22(13-15-23)19-9-8-16(10-11-24(26)27)17-6-4-5-7-18(17)19/h4-11H,12-15H2,1-3H3/b11-10+. The second-order valence-electron chi connectivity index (χ2n) is 7.78. The van der Waals surface area contributed by atoms with Crippen LogP contribution in [0.5, 0.6) is 0 Å². The molecule has 148 valence electrons. The van der Waals surface area contributed by atoms with Crippen molar-refractivity contribution in [3.63, 3.8) is 0 Å². The number of nitro groups is 1. The summed E-state index contributed by atoms with van der Waals surface area (Å²) < 4.78 is 5.46. The van der Waals surface area contributed by atoms with E-state index in [4.69, 9.17) is 4.74 Å². The molecule has 1 aliphatic heterocycles. The van der Waals surface area contributed by atoms with Crippen LogP contribution >= 0.6 is 0 Å². The Balaban J connectivity index is 1.79. The number of carbonyl (C=O) groups is 1. The zero-order valence-corrected chi connectivity index (χ0v) is 16.4. The molecule has 7 heteroatoms. The summed E-state index contributed by atoms with van der Waals surface area (Å²) in [5.74, 6) is 0. The summed E-state index contributed by atoms with van der Waals surface area (Å²) in [6.45, 7) is 8.17. The lowest BCUT2D eigenvalue weighted by Gasteiger charge is -2.37. The molecule has 1 saturated heterocycles. The molecule has 1 fully saturated rings. The first-order valence-corrected chi connectivity index (χ1v) is 9.31. The van der Waals surface area contributed by atoms with Gasteiger partial charge in [0.2, 0.25) is 6.20 Å². The molecule has 1 heterocycles. The zero-order valence-electron chi connectivity index (χ0n) is 16.4. The Morgan fingerprint density at radius 2 is 1.71 bits per heavy atom. The largest absolute Gasteiger partial charge is 0.444 e. The van der Waals surface area contributed by atoms with Crippen LogP contribution in [0.25, 0.3) is 16.8 Å². The van der Waals surface area contributed by atoms with E-state index < -0.39 is 10.5 Å². The molecule has 1 aliphatic rings. The number of anilines is 1. The van der Waals surface area contributed by atoms with Crippen molar-refractivity contribution in [2.45, 2.75) is 26.4 Å². The number of carbonyl (C=O) groups excluding carboxylic acids is 1. The summed E-state index contributed by atoms with van der Waals surface area (Å²) in [6.07, 6.45) is 2.20. The minimum absolute atomic E-state index is 0.280. The Kier molecular flexibility index (Phi) is 5.53. The van der Waals surface area contributed by atoms with E-state index in [2.05, 4.69) is 4.90 Å². The van der Waals surface area contributed by atoms with Gasteiger partial charge in [-0.2, -0.15) is 0 Å². The van der Waals surface area contributed by atoms with Crippen molar-refractivity contribution >= 4 is 28.6 Å². The van der Waals surface area contributed by atoms with Crippen molar-refractivity contribution in [3.05, 3.63) is 58.3 Å². The predicted octanol–water partition coefficient (Wildman–Crippen LogP) is 4.14. The van der Waals surface area contributed by atoms with Crippen molar-refractivity contribution in [1.82, 2.24) is 4.90 Å². The summed E-state index contributed by atoms with van der Waals surface area (Å²) in [4.78, 5) is 26.4. The third-order valence-electron chi connectivity index (χ3n) is 4.58. The van der Waals surface area contributed by atoms with Crippen LogP contribution in [0.1, 0.15) is 26.3 Å². The third kappa shape index (κ3) is 4.60. The van der Waals surface area contributed by atoms with Gasteiger partial charge in [-0.05, 0) is 37.8 Å². The summed E-state index contributed by atoms with van der Waals surface area (Å²) in [7, 11) is 0. The molecule has 7 nitrogen and oxygen atoms in total. The highest BCUT2D eigenvalue weighted by Crippen LogP contribution is 2.31. The molecule has 0 saturated carbocycles. The van der Waals surface area contributed by atoms with Crippen molar-refractivity contribution in [2.75, 3.05) is 31.1 Å². The van der Waals surface area contributed by atoms with Crippen LogP contribution in [-0.4, -0.2) is 47.7 Å². The van der Waals surface area contributed by atoms with E-state index in [0.717, 1.165) is 28.2 Å². The summed E-state index contributed by atoms with van der Waals surface area (Å²) >= 11 is 0. The monoisotopic (exact) mass is 383 g/mol. The molecule has 0 radical (unpaired) electrons. The van der Waals surface area contributed by atoms with Crippen LogP contribution < -0.4 is 4.90 Å². The Labute approximate surface area is 164 Å². The van der Waals surface area contributed by atoms with Gasteiger partial charge in [0.1, 0.15) is 5.60 Å². The average Bonchev–Trinajstić information content (AvgIpc) is 2.65. The van der Waals surface area contributed by atoms with E-state index in [1.165, 1.54) is 6.08 Å². The molecular formula is C21H25N3O4. The first-order valence-electron chi connectivity index (χ1n) is 9.31. The fourth-order valence-corrected chi connectivity index (χ4v) is 3.33. The molecule has 0 spiro atoms. The van der Waals surface area contributed by atoms with Gasteiger partial charge in [-0.15, -0.1) is 0 Å². The van der Waals surface area contributed by atoms with Crippen LogP contribution in [0.15, 0.2) is 42.6 Å². The molecule has 2 aromatic carbocycles. The second-order valence-corrected chi connectivity index (χ2v) is 7.78. The average molecular weight is 383 g/mol. The highest BCUT2D eigenvalue weighted by molar-refractivity contribution is 5.99. The number of rotatable bonds is 3. The smallest absolute Gasteiger partial charge is 0.410 e. The Morgan fingerprint density at radius 1 is 1.07 bits per heavy atom. The lowest BCUT2D eigenvalue weighted by atomic mass is 10.0. The maximum atomic E-state index is 12.3. The van der Waals surface area contributed by atoms with Crippen molar-refractivity contribution < 1.29 is 14.5 Å². The van der Waals surface area contributed by atoms with Crippen LogP contribution in [0.3, 0.4) is 0 Å². The van der Waals surface area contributed by atoms with Gasteiger partial charge in [0, 0.05) is 43.3 Å². The summed E-state index contributed by atoms with van der Waals surface area (Å²) in [5.41, 5.74) is 1.37. The van der Waals surface area contributed by atoms with Gasteiger partial charge in [-0.3, -0.25) is 10.1 Å². The van der Waals surface area contributed by atoms with Gasteiger partial charge in [-0.25, -0.2) is 4.79 Å². The Bertz CT molecular complexity index is 909. The SMILES string of the molecule is CC(C)(C)OC(=O)N1CCN(c2ccc(/C=C/[N+](=O)[O-])c3ccccc23)CC1. The Hall–Kier alpha value is -3.09. The van der Waals surface area contributed by atoms with E-state index >= 15 is 0 Å². The minimum Gasteiger partial charge on any atom is -0.444 e. The van der Waals surface area contributed by atoms with Gasteiger partial charge in [-0.1, -0.05) is 30.3 Å². The molecule has 1 amide bonds. The number of hydrogen-bond acceptors (Lipinski definition) is 5. The van der Waals surface area contributed by atoms with Gasteiger partial charge in [0.25, 0.3) is 0 Å². The fraction of sp³-hybridized carbons (Fsp3) is 0.381. The van der Waals surface area contributed by atoms with Gasteiger partial charge >= 0.3 is 6.09 Å². The van der Waals surface area contributed by atoms with E-state index in [0.29, 0.717) is 26.2 Å². The topological polar surface area (TPSA) is 75.9 Å². The van der Waals surface area contributed by atoms with Crippen molar-refractivity contribution in [1.29, 1.82) is 0 Å². The van der Waals surface area contributed by atoms with Crippen molar-refractivity contribution in [3.8, 4) is 0 Å². The molecule has 3 rings (SSSR count). The molecule has 2 aromatic rings. The molecule has 0 N–H and O–H groups in total. The number of nitrogens with zero attached hydrogens (tertiary/aromatic N) is 3. The van der Waals surface area contributed by atoms with Gasteiger partial charge in [0.15, 0.2) is 0 Å². The predicted molar refractivity (Wildman–Crippen MR) is 110 cm³/mol. The molecule has 0 bridgehead atoms. The lowest BCUT2D eigenvalue weighted by molar-refractivity contribution is -0.400. The maximum Gasteiger partial charge on any atom is 0.410 e. The van der Waals surface area contributed by atoms with E-state index in [9.17, 15) is 14.9 Å². The third-order valence-corrected chi connectivity index (χ3v) is 4.58. The molecule has 0 aromatic heterocycles. The number of amides is 1. The number of piperazine rings is 1. The maximum absolute atomic E-state index is 12.3.